The zero-order valence-corrected chi connectivity index (χ0v) is 17.7. The van der Waals surface area contributed by atoms with E-state index in [1.165, 1.54) is 4.31 Å². The minimum absolute atomic E-state index is 0.0982. The summed E-state index contributed by atoms with van der Waals surface area (Å²) >= 11 is 0. The fourth-order valence-corrected chi connectivity index (χ4v) is 5.14. The molecule has 1 N–H and O–H groups in total. The first kappa shape index (κ1) is 21.1. The topological polar surface area (TPSA) is 105 Å². The number of carbonyl (C=O) groups excluding carboxylic acids is 1. The van der Waals surface area contributed by atoms with Crippen molar-refractivity contribution >= 4 is 15.9 Å². The van der Waals surface area contributed by atoms with Crippen LogP contribution in [0, 0.1) is 13.8 Å². The summed E-state index contributed by atoms with van der Waals surface area (Å²) in [5, 5.41) is 6.71. The quantitative estimate of drug-likeness (QED) is 0.753. The van der Waals surface area contributed by atoms with Crippen LogP contribution in [-0.2, 0) is 14.8 Å². The molecule has 1 aliphatic heterocycles. The molecule has 0 saturated carbocycles. The summed E-state index contributed by atoms with van der Waals surface area (Å²) in [6.45, 7) is 4.66. The van der Waals surface area contributed by atoms with Crippen molar-refractivity contribution in [2.24, 2.45) is 0 Å². The van der Waals surface area contributed by atoms with Crippen LogP contribution in [0.1, 0.15) is 17.8 Å². The van der Waals surface area contributed by atoms with Crippen LogP contribution >= 0.6 is 0 Å². The van der Waals surface area contributed by atoms with Gasteiger partial charge in [-0.25, -0.2) is 8.42 Å². The van der Waals surface area contributed by atoms with E-state index in [4.69, 9.17) is 9.47 Å². The zero-order chi connectivity index (χ0) is 21.0. The van der Waals surface area contributed by atoms with Crippen LogP contribution in [0.2, 0.25) is 0 Å². The number of aryl methyl sites for hydroxylation is 2. The molecule has 29 heavy (non-hydrogen) atoms. The number of amides is 1. The Morgan fingerprint density at radius 1 is 1.10 bits per heavy atom. The van der Waals surface area contributed by atoms with E-state index in [0.717, 1.165) is 0 Å². The zero-order valence-electron chi connectivity index (χ0n) is 16.8. The Morgan fingerprint density at radius 3 is 2.41 bits per heavy atom. The molecule has 0 bridgehead atoms. The first-order valence-corrected chi connectivity index (χ1v) is 10.8. The van der Waals surface area contributed by atoms with Crippen molar-refractivity contribution in [2.45, 2.75) is 25.2 Å². The number of ether oxygens (including phenoxy) is 2. The normalized spacial score (nSPS) is 15.8. The van der Waals surface area contributed by atoms with Crippen LogP contribution in [0.15, 0.2) is 29.2 Å². The van der Waals surface area contributed by atoms with Crippen molar-refractivity contribution in [1.29, 1.82) is 0 Å². The fourth-order valence-electron chi connectivity index (χ4n) is 3.34. The number of hydrogen-bond donors (Lipinski definition) is 1. The Labute approximate surface area is 170 Å². The van der Waals surface area contributed by atoms with Gasteiger partial charge in [0.1, 0.15) is 16.4 Å². The van der Waals surface area contributed by atoms with Gasteiger partial charge in [0.15, 0.2) is 6.61 Å². The molecule has 1 amide bonds. The maximum atomic E-state index is 13.0. The molecule has 9 nitrogen and oxygen atoms in total. The lowest BCUT2D eigenvalue weighted by atomic mass is 10.3. The Hall–Kier alpha value is -2.59. The predicted octanol–water partition coefficient (Wildman–Crippen LogP) is 1.34. The van der Waals surface area contributed by atoms with Gasteiger partial charge in [-0.2, -0.15) is 9.40 Å². The molecule has 0 aliphatic carbocycles. The van der Waals surface area contributed by atoms with Gasteiger partial charge in [0, 0.05) is 26.2 Å². The minimum atomic E-state index is -3.66. The summed E-state index contributed by atoms with van der Waals surface area (Å²) in [6, 6.07) is 6.99. The number of methoxy groups -OCH3 is 1. The van der Waals surface area contributed by atoms with E-state index in [0.29, 0.717) is 48.9 Å². The molecule has 10 heteroatoms. The molecule has 1 saturated heterocycles. The molecule has 1 aliphatic rings. The lowest BCUT2D eigenvalue weighted by molar-refractivity contribution is -0.133. The highest BCUT2D eigenvalue weighted by Crippen LogP contribution is 2.23. The third-order valence-electron chi connectivity index (χ3n) is 4.89. The van der Waals surface area contributed by atoms with Gasteiger partial charge in [-0.05, 0) is 44.5 Å². The van der Waals surface area contributed by atoms with E-state index in [1.54, 1.807) is 50.1 Å². The molecular weight excluding hydrogens is 396 g/mol. The largest absolute Gasteiger partial charge is 0.497 e. The first-order valence-electron chi connectivity index (χ1n) is 9.39. The van der Waals surface area contributed by atoms with Crippen LogP contribution in [-0.4, -0.2) is 73.6 Å². The van der Waals surface area contributed by atoms with Crippen molar-refractivity contribution in [3.63, 3.8) is 0 Å². The van der Waals surface area contributed by atoms with Gasteiger partial charge in [-0.15, -0.1) is 0 Å². The summed E-state index contributed by atoms with van der Waals surface area (Å²) in [5.74, 6) is 1.11. The Balaban J connectivity index is 1.59. The predicted molar refractivity (Wildman–Crippen MR) is 107 cm³/mol. The molecule has 0 atom stereocenters. The second-order valence-electron chi connectivity index (χ2n) is 6.87. The summed E-state index contributed by atoms with van der Waals surface area (Å²) in [6.07, 6.45) is 0.559. The molecule has 2 aromatic rings. The molecule has 0 unspecified atom stereocenters. The number of sulfonamides is 1. The molecule has 0 spiro atoms. The van der Waals surface area contributed by atoms with E-state index in [2.05, 4.69) is 10.2 Å². The number of nitrogens with zero attached hydrogens (tertiary/aromatic N) is 3. The summed E-state index contributed by atoms with van der Waals surface area (Å²) in [4.78, 5) is 14.4. The van der Waals surface area contributed by atoms with Gasteiger partial charge in [-0.1, -0.05) is 0 Å². The van der Waals surface area contributed by atoms with E-state index in [-0.39, 0.29) is 24.0 Å². The van der Waals surface area contributed by atoms with Gasteiger partial charge < -0.3 is 14.4 Å². The molecule has 158 valence electrons. The Bertz CT molecular complexity index is 936. The van der Waals surface area contributed by atoms with E-state index in [1.807, 2.05) is 0 Å². The number of aromatic nitrogens is 2. The molecule has 3 rings (SSSR count). The standard InChI is InChI=1S/C19H26N4O5S/c1-14-19(15(2)21-20-14)29(25,26)23-10-4-9-22(11-12-23)18(24)13-28-17-7-5-16(27-3)6-8-17/h5-8H,4,9-13H2,1-3H3,(H,20,21). The molecule has 1 aromatic heterocycles. The van der Waals surface area contributed by atoms with Crippen LogP contribution in [0.5, 0.6) is 11.5 Å². The van der Waals surface area contributed by atoms with Gasteiger partial charge >= 0.3 is 0 Å². The molecular formula is C19H26N4O5S. The Morgan fingerprint density at radius 2 is 1.79 bits per heavy atom. The third-order valence-corrected chi connectivity index (χ3v) is 7.05. The van der Waals surface area contributed by atoms with Crippen LogP contribution < -0.4 is 9.47 Å². The fraction of sp³-hybridized carbons (Fsp3) is 0.474. The second-order valence-corrected chi connectivity index (χ2v) is 8.74. The number of carbonyl (C=O) groups is 1. The highest BCUT2D eigenvalue weighted by atomic mass is 32.2. The van der Waals surface area contributed by atoms with E-state index >= 15 is 0 Å². The highest BCUT2D eigenvalue weighted by molar-refractivity contribution is 7.89. The lowest BCUT2D eigenvalue weighted by Crippen LogP contribution is -2.39. The number of hydrogen-bond acceptors (Lipinski definition) is 6. The van der Waals surface area contributed by atoms with Crippen molar-refractivity contribution < 1.29 is 22.7 Å². The third kappa shape index (κ3) is 4.70. The minimum Gasteiger partial charge on any atom is -0.497 e. The maximum absolute atomic E-state index is 13.0. The average molecular weight is 423 g/mol. The van der Waals surface area contributed by atoms with Crippen molar-refractivity contribution in [2.75, 3.05) is 39.9 Å². The van der Waals surface area contributed by atoms with Gasteiger partial charge in [0.25, 0.3) is 5.91 Å². The number of aromatic amines is 1. The average Bonchev–Trinajstić information content (AvgIpc) is 2.91. The molecule has 1 fully saturated rings. The molecule has 0 radical (unpaired) electrons. The maximum Gasteiger partial charge on any atom is 0.260 e. The van der Waals surface area contributed by atoms with Crippen molar-refractivity contribution in [3.05, 3.63) is 35.7 Å². The number of rotatable bonds is 6. The van der Waals surface area contributed by atoms with Crippen molar-refractivity contribution in [3.8, 4) is 11.5 Å². The Kier molecular flexibility index (Phi) is 6.43. The van der Waals surface area contributed by atoms with Gasteiger partial charge in [0.2, 0.25) is 10.0 Å². The second kappa shape index (κ2) is 8.83. The summed E-state index contributed by atoms with van der Waals surface area (Å²) < 4.78 is 38.1. The number of nitrogens with one attached hydrogen (secondary N) is 1. The number of benzene rings is 1. The van der Waals surface area contributed by atoms with Crippen molar-refractivity contribution in [1.82, 2.24) is 19.4 Å². The highest BCUT2D eigenvalue weighted by Gasteiger charge is 2.31. The van der Waals surface area contributed by atoms with Crippen LogP contribution in [0.25, 0.3) is 0 Å². The lowest BCUT2D eigenvalue weighted by Gasteiger charge is -2.22. The van der Waals surface area contributed by atoms with E-state index < -0.39 is 10.0 Å². The van der Waals surface area contributed by atoms with Gasteiger partial charge in [-0.3, -0.25) is 9.89 Å². The van der Waals surface area contributed by atoms with E-state index in [9.17, 15) is 13.2 Å². The number of H-pyrrole nitrogens is 1. The first-order chi connectivity index (χ1) is 13.8. The summed E-state index contributed by atoms with van der Waals surface area (Å²) in [7, 11) is -2.08. The van der Waals surface area contributed by atoms with Gasteiger partial charge in [0.05, 0.1) is 18.5 Å². The smallest absolute Gasteiger partial charge is 0.260 e. The summed E-state index contributed by atoms with van der Waals surface area (Å²) in [5.41, 5.74) is 0.972. The monoisotopic (exact) mass is 422 g/mol. The van der Waals surface area contributed by atoms with Crippen LogP contribution in [0.3, 0.4) is 0 Å². The molecule has 1 aromatic carbocycles. The van der Waals surface area contributed by atoms with Crippen LogP contribution in [0.4, 0.5) is 0 Å². The SMILES string of the molecule is COc1ccc(OCC(=O)N2CCCN(S(=O)(=O)c3c(C)n[nH]c3C)CC2)cc1. The molecule has 2 heterocycles.